The number of piperazine rings is 1. The minimum Gasteiger partial charge on any atom is -0.491 e. The van der Waals surface area contributed by atoms with Gasteiger partial charge in [0.2, 0.25) is 0 Å². The van der Waals surface area contributed by atoms with Crippen LogP contribution >= 0.6 is 23.2 Å². The average Bonchev–Trinajstić information content (AvgIpc) is 2.52. The fourth-order valence-electron chi connectivity index (χ4n) is 2.94. The topological polar surface area (TPSA) is 41.7 Å². The summed E-state index contributed by atoms with van der Waals surface area (Å²) in [6.45, 7) is 10.5. The average molecular weight is 346 g/mol. The van der Waals surface area contributed by atoms with Crippen molar-refractivity contribution < 1.29 is 4.74 Å². The Bertz CT molecular complexity index is 467. The Morgan fingerprint density at radius 3 is 2.18 bits per heavy atom. The van der Waals surface area contributed by atoms with E-state index in [1.165, 1.54) is 0 Å². The van der Waals surface area contributed by atoms with E-state index >= 15 is 0 Å². The lowest BCUT2D eigenvalue weighted by Gasteiger charge is -2.39. The Morgan fingerprint density at radius 1 is 1.14 bits per heavy atom. The predicted molar refractivity (Wildman–Crippen MR) is 93.1 cm³/mol. The molecule has 1 unspecified atom stereocenters. The molecule has 0 spiro atoms. The highest BCUT2D eigenvalue weighted by Crippen LogP contribution is 2.37. The maximum absolute atomic E-state index is 6.32. The van der Waals surface area contributed by atoms with Gasteiger partial charge >= 0.3 is 0 Å². The summed E-state index contributed by atoms with van der Waals surface area (Å²) in [4.78, 5) is 4.86. The molecule has 1 atom stereocenters. The van der Waals surface area contributed by atoms with Crippen molar-refractivity contribution in [2.75, 3.05) is 45.9 Å². The molecule has 0 aliphatic carbocycles. The van der Waals surface area contributed by atoms with Gasteiger partial charge in [-0.15, -0.1) is 0 Å². The van der Waals surface area contributed by atoms with Gasteiger partial charge in [-0.05, 0) is 31.2 Å². The molecule has 1 aliphatic rings. The number of ether oxygens (including phenoxy) is 1. The van der Waals surface area contributed by atoms with Crippen LogP contribution in [0.2, 0.25) is 10.0 Å². The smallest absolute Gasteiger partial charge is 0.156 e. The van der Waals surface area contributed by atoms with E-state index in [1.807, 2.05) is 19.1 Å². The Kier molecular flexibility index (Phi) is 6.78. The molecule has 0 radical (unpaired) electrons. The van der Waals surface area contributed by atoms with E-state index in [-0.39, 0.29) is 6.04 Å². The molecule has 4 nitrogen and oxygen atoms in total. The van der Waals surface area contributed by atoms with Gasteiger partial charge in [0.1, 0.15) is 0 Å². The van der Waals surface area contributed by atoms with Crippen molar-refractivity contribution in [2.45, 2.75) is 19.9 Å². The predicted octanol–water partition coefficient (Wildman–Crippen LogP) is 3.03. The first kappa shape index (κ1) is 17.8. The molecule has 124 valence electrons. The number of hydrogen-bond acceptors (Lipinski definition) is 4. The van der Waals surface area contributed by atoms with Gasteiger partial charge in [0, 0.05) is 38.8 Å². The lowest BCUT2D eigenvalue weighted by molar-refractivity contribution is 0.102. The number of rotatable bonds is 6. The molecule has 2 rings (SSSR count). The highest BCUT2D eigenvalue weighted by Gasteiger charge is 2.25. The van der Waals surface area contributed by atoms with Gasteiger partial charge in [0.05, 0.1) is 16.7 Å². The molecule has 0 aromatic heterocycles. The number of benzene rings is 1. The quantitative estimate of drug-likeness (QED) is 0.860. The normalized spacial score (nSPS) is 18.4. The minimum atomic E-state index is 0.143. The molecule has 0 saturated carbocycles. The van der Waals surface area contributed by atoms with E-state index < -0.39 is 0 Å². The summed E-state index contributed by atoms with van der Waals surface area (Å²) < 4.78 is 5.49. The lowest BCUT2D eigenvalue weighted by Crippen LogP contribution is -2.48. The summed E-state index contributed by atoms with van der Waals surface area (Å²) in [6, 6.07) is 4.01. The highest BCUT2D eigenvalue weighted by atomic mass is 35.5. The van der Waals surface area contributed by atoms with Crippen LogP contribution in [0, 0.1) is 0 Å². The zero-order valence-corrected chi connectivity index (χ0v) is 14.8. The molecule has 1 fully saturated rings. The van der Waals surface area contributed by atoms with E-state index in [1.54, 1.807) is 0 Å². The molecule has 1 aromatic carbocycles. The maximum Gasteiger partial charge on any atom is 0.156 e. The molecule has 0 bridgehead atoms. The van der Waals surface area contributed by atoms with Gasteiger partial charge in [0.15, 0.2) is 5.75 Å². The Morgan fingerprint density at radius 2 is 1.73 bits per heavy atom. The number of halogens is 2. The summed E-state index contributed by atoms with van der Waals surface area (Å²) >= 11 is 12.6. The fraction of sp³-hybridized carbons (Fsp3) is 0.625. The van der Waals surface area contributed by atoms with Gasteiger partial charge in [-0.3, -0.25) is 4.90 Å². The number of nitrogens with zero attached hydrogens (tertiary/aromatic N) is 2. The molecule has 2 N–H and O–H groups in total. The molecule has 1 aliphatic heterocycles. The molecule has 6 heteroatoms. The van der Waals surface area contributed by atoms with E-state index in [2.05, 4.69) is 16.7 Å². The van der Waals surface area contributed by atoms with Gasteiger partial charge in [-0.1, -0.05) is 30.1 Å². The second-order valence-electron chi connectivity index (χ2n) is 5.47. The van der Waals surface area contributed by atoms with Crippen molar-refractivity contribution in [2.24, 2.45) is 5.73 Å². The standard InChI is InChI=1S/C16H25Cl2N3O/c1-3-20-5-7-21(8-6-20)15(11-19)12-9-13(17)16(22-4-2)14(18)10-12/h9-10,15H,3-8,11,19H2,1-2H3. The molecule has 0 amide bonds. The van der Waals surface area contributed by atoms with Crippen LogP contribution in [0.4, 0.5) is 0 Å². The fourth-order valence-corrected chi connectivity index (χ4v) is 3.55. The molecular weight excluding hydrogens is 321 g/mol. The van der Waals surface area contributed by atoms with Gasteiger partial charge in [-0.25, -0.2) is 0 Å². The SMILES string of the molecule is CCOc1c(Cl)cc(C(CN)N2CCN(CC)CC2)cc1Cl. The number of hydrogen-bond donors (Lipinski definition) is 1. The van der Waals surface area contributed by atoms with E-state index in [0.717, 1.165) is 38.3 Å². The summed E-state index contributed by atoms with van der Waals surface area (Å²) in [7, 11) is 0. The third-order valence-electron chi connectivity index (χ3n) is 4.21. The summed E-state index contributed by atoms with van der Waals surface area (Å²) in [5.41, 5.74) is 7.09. The van der Waals surface area contributed by atoms with Crippen LogP contribution in [0.15, 0.2) is 12.1 Å². The number of nitrogens with two attached hydrogens (primary N) is 1. The zero-order valence-electron chi connectivity index (χ0n) is 13.3. The van der Waals surface area contributed by atoms with E-state index in [0.29, 0.717) is 28.9 Å². The van der Waals surface area contributed by atoms with Crippen LogP contribution in [-0.4, -0.2) is 55.7 Å². The Hall–Kier alpha value is -0.520. The Labute approximate surface area is 143 Å². The van der Waals surface area contributed by atoms with Gasteiger partial charge < -0.3 is 15.4 Å². The van der Waals surface area contributed by atoms with Gasteiger partial charge in [0.25, 0.3) is 0 Å². The summed E-state index contributed by atoms with van der Waals surface area (Å²) in [5, 5.41) is 1.10. The minimum absolute atomic E-state index is 0.143. The highest BCUT2D eigenvalue weighted by molar-refractivity contribution is 6.37. The molecule has 22 heavy (non-hydrogen) atoms. The first-order valence-corrected chi connectivity index (χ1v) is 8.64. The van der Waals surface area contributed by atoms with Crippen LogP contribution < -0.4 is 10.5 Å². The largest absolute Gasteiger partial charge is 0.491 e. The van der Waals surface area contributed by atoms with Crippen molar-refractivity contribution in [1.82, 2.24) is 9.80 Å². The lowest BCUT2D eigenvalue weighted by atomic mass is 10.0. The molecule has 1 aromatic rings. The van der Waals surface area contributed by atoms with Crippen LogP contribution in [0.1, 0.15) is 25.5 Å². The van der Waals surface area contributed by atoms with E-state index in [4.69, 9.17) is 33.7 Å². The first-order chi connectivity index (χ1) is 10.6. The van der Waals surface area contributed by atoms with Crippen molar-refractivity contribution in [3.63, 3.8) is 0 Å². The first-order valence-electron chi connectivity index (χ1n) is 7.88. The number of likely N-dealkylation sites (N-methyl/N-ethyl adjacent to an activating group) is 1. The monoisotopic (exact) mass is 345 g/mol. The second-order valence-corrected chi connectivity index (χ2v) is 6.28. The summed E-state index contributed by atoms with van der Waals surface area (Å²) in [5.74, 6) is 0.557. The molecular formula is C16H25Cl2N3O. The zero-order chi connectivity index (χ0) is 16.1. The molecule has 1 heterocycles. The van der Waals surface area contributed by atoms with Crippen molar-refractivity contribution in [3.8, 4) is 5.75 Å². The Balaban J connectivity index is 2.17. The maximum atomic E-state index is 6.32. The van der Waals surface area contributed by atoms with Gasteiger partial charge in [-0.2, -0.15) is 0 Å². The molecule has 1 saturated heterocycles. The van der Waals surface area contributed by atoms with Crippen molar-refractivity contribution in [3.05, 3.63) is 27.7 Å². The third kappa shape index (κ3) is 4.06. The third-order valence-corrected chi connectivity index (χ3v) is 4.77. The van der Waals surface area contributed by atoms with Crippen LogP contribution in [0.25, 0.3) is 0 Å². The van der Waals surface area contributed by atoms with Crippen LogP contribution in [-0.2, 0) is 0 Å². The van der Waals surface area contributed by atoms with Crippen molar-refractivity contribution in [1.29, 1.82) is 0 Å². The van der Waals surface area contributed by atoms with E-state index in [9.17, 15) is 0 Å². The van der Waals surface area contributed by atoms with Crippen LogP contribution in [0.5, 0.6) is 5.75 Å². The summed E-state index contributed by atoms with van der Waals surface area (Å²) in [6.07, 6.45) is 0. The van der Waals surface area contributed by atoms with Crippen LogP contribution in [0.3, 0.4) is 0 Å². The second kappa shape index (κ2) is 8.37. The van der Waals surface area contributed by atoms with Crippen molar-refractivity contribution >= 4 is 23.2 Å².